The van der Waals surface area contributed by atoms with Gasteiger partial charge in [0.05, 0.1) is 25.1 Å². The lowest BCUT2D eigenvalue weighted by molar-refractivity contribution is 0.355. The molecule has 0 atom stereocenters. The van der Waals surface area contributed by atoms with E-state index in [9.17, 15) is 4.79 Å². The Balaban J connectivity index is 2.93. The molecule has 1 aromatic heterocycles. The number of ether oxygens (including phenoxy) is 2. The first-order valence-electron chi connectivity index (χ1n) is 4.74. The molecule has 0 bridgehead atoms. The van der Waals surface area contributed by atoms with E-state index in [0.717, 1.165) is 4.68 Å². The highest BCUT2D eigenvalue weighted by Gasteiger charge is 2.10. The Hall–Kier alpha value is -2.02. The van der Waals surface area contributed by atoms with Gasteiger partial charge in [0.2, 0.25) is 0 Å². The van der Waals surface area contributed by atoms with Gasteiger partial charge < -0.3 is 20.3 Å². The van der Waals surface area contributed by atoms with Gasteiger partial charge in [-0.05, 0) is 18.3 Å². The summed E-state index contributed by atoms with van der Waals surface area (Å²) in [5.74, 6) is 6.48. The van der Waals surface area contributed by atoms with Crippen molar-refractivity contribution in [1.82, 2.24) is 9.66 Å². The van der Waals surface area contributed by atoms with Gasteiger partial charge in [-0.25, -0.2) is 0 Å². The molecule has 0 radical (unpaired) electrons. The number of nitrogens with zero attached hydrogens (tertiary/aromatic N) is 1. The number of fused-ring (bicyclic) bond motifs is 1. The topological polar surface area (TPSA) is 82.3 Å². The predicted molar refractivity (Wildman–Crippen MR) is 66.6 cm³/mol. The van der Waals surface area contributed by atoms with Gasteiger partial charge in [0.15, 0.2) is 16.3 Å². The number of nitrogens with one attached hydrogen (secondary N) is 1. The second kappa shape index (κ2) is 4.10. The molecule has 90 valence electrons. The first-order chi connectivity index (χ1) is 8.08. The van der Waals surface area contributed by atoms with Crippen molar-refractivity contribution >= 4 is 23.1 Å². The van der Waals surface area contributed by atoms with Gasteiger partial charge >= 0.3 is 0 Å². The van der Waals surface area contributed by atoms with Crippen molar-refractivity contribution in [2.75, 3.05) is 20.1 Å². The minimum absolute atomic E-state index is 0.148. The summed E-state index contributed by atoms with van der Waals surface area (Å²) in [7, 11) is 3.01. The number of nitrogen functional groups attached to an aromatic ring is 1. The number of methoxy groups -OCH3 is 2. The maximum atomic E-state index is 11.9. The van der Waals surface area contributed by atoms with E-state index in [2.05, 4.69) is 4.98 Å². The molecular weight excluding hydrogens is 242 g/mol. The third kappa shape index (κ3) is 1.74. The van der Waals surface area contributed by atoms with Crippen LogP contribution in [0.15, 0.2) is 16.9 Å². The molecule has 2 aromatic rings. The van der Waals surface area contributed by atoms with Crippen LogP contribution in [0.1, 0.15) is 0 Å². The molecule has 17 heavy (non-hydrogen) atoms. The van der Waals surface area contributed by atoms with Gasteiger partial charge in [-0.1, -0.05) is 0 Å². The van der Waals surface area contributed by atoms with Crippen LogP contribution in [-0.4, -0.2) is 23.9 Å². The van der Waals surface area contributed by atoms with Crippen LogP contribution in [-0.2, 0) is 0 Å². The fourth-order valence-electron chi connectivity index (χ4n) is 1.56. The van der Waals surface area contributed by atoms with Crippen molar-refractivity contribution in [2.45, 2.75) is 0 Å². The van der Waals surface area contributed by atoms with Crippen LogP contribution in [0, 0.1) is 4.77 Å². The summed E-state index contributed by atoms with van der Waals surface area (Å²) in [4.78, 5) is 14.7. The van der Waals surface area contributed by atoms with Crippen LogP contribution >= 0.6 is 12.2 Å². The summed E-state index contributed by atoms with van der Waals surface area (Å²) in [6, 6.07) is 3.20. The summed E-state index contributed by atoms with van der Waals surface area (Å²) in [5, 5.41) is 0.388. The van der Waals surface area contributed by atoms with E-state index < -0.39 is 0 Å². The zero-order chi connectivity index (χ0) is 12.6. The van der Waals surface area contributed by atoms with E-state index in [1.165, 1.54) is 14.2 Å². The SMILES string of the molecule is COc1cc2[nH]c(=S)n(N)c(=O)c2cc1OC. The van der Waals surface area contributed by atoms with Crippen molar-refractivity contribution < 1.29 is 9.47 Å². The van der Waals surface area contributed by atoms with Gasteiger partial charge in [-0.2, -0.15) is 4.68 Å². The van der Waals surface area contributed by atoms with Crippen molar-refractivity contribution in [3.8, 4) is 11.5 Å². The fourth-order valence-corrected chi connectivity index (χ4v) is 1.75. The number of aromatic amines is 1. The molecule has 0 fully saturated rings. The van der Waals surface area contributed by atoms with Crippen molar-refractivity contribution in [3.05, 3.63) is 27.3 Å². The average Bonchev–Trinajstić information content (AvgIpc) is 2.34. The summed E-state index contributed by atoms with van der Waals surface area (Å²) < 4.78 is 11.3. The highest BCUT2D eigenvalue weighted by Crippen LogP contribution is 2.29. The first kappa shape index (κ1) is 11.5. The molecule has 3 N–H and O–H groups in total. The van der Waals surface area contributed by atoms with E-state index in [1.807, 2.05) is 0 Å². The van der Waals surface area contributed by atoms with E-state index >= 15 is 0 Å². The third-order valence-electron chi connectivity index (χ3n) is 2.43. The molecule has 0 aliphatic heterocycles. The number of hydrogen-bond donors (Lipinski definition) is 2. The van der Waals surface area contributed by atoms with Gasteiger partial charge in [-0.3, -0.25) is 4.79 Å². The first-order valence-corrected chi connectivity index (χ1v) is 5.15. The fraction of sp³-hybridized carbons (Fsp3) is 0.200. The Morgan fingerprint density at radius 1 is 1.29 bits per heavy atom. The van der Waals surface area contributed by atoms with Crippen LogP contribution in [0.3, 0.4) is 0 Å². The molecule has 6 nitrogen and oxygen atoms in total. The van der Waals surface area contributed by atoms with Gasteiger partial charge in [-0.15, -0.1) is 0 Å². The average molecular weight is 253 g/mol. The molecule has 7 heteroatoms. The molecule has 0 aliphatic rings. The molecule has 0 spiro atoms. The Morgan fingerprint density at radius 2 is 1.88 bits per heavy atom. The van der Waals surface area contributed by atoms with E-state index in [4.69, 9.17) is 27.5 Å². The summed E-state index contributed by atoms with van der Waals surface area (Å²) in [5.41, 5.74) is 0.170. The highest BCUT2D eigenvalue weighted by atomic mass is 32.1. The molecule has 1 heterocycles. The Kier molecular flexibility index (Phi) is 2.76. The normalized spacial score (nSPS) is 10.5. The zero-order valence-corrected chi connectivity index (χ0v) is 10.1. The molecule has 0 amide bonds. The van der Waals surface area contributed by atoms with E-state index in [0.29, 0.717) is 22.4 Å². The molecule has 0 aliphatic carbocycles. The molecule has 1 aromatic carbocycles. The van der Waals surface area contributed by atoms with Gasteiger partial charge in [0.25, 0.3) is 5.56 Å². The number of nitrogens with two attached hydrogens (primary N) is 1. The quantitative estimate of drug-likeness (QED) is 0.611. The minimum Gasteiger partial charge on any atom is -0.493 e. The molecular formula is C10H11N3O3S. The van der Waals surface area contributed by atoms with Crippen molar-refractivity contribution in [1.29, 1.82) is 0 Å². The lowest BCUT2D eigenvalue weighted by atomic mass is 10.2. The molecule has 2 rings (SSSR count). The van der Waals surface area contributed by atoms with Crippen LogP contribution in [0.5, 0.6) is 11.5 Å². The van der Waals surface area contributed by atoms with Gasteiger partial charge in [0.1, 0.15) is 0 Å². The number of H-pyrrole nitrogens is 1. The van der Waals surface area contributed by atoms with Crippen LogP contribution in [0.4, 0.5) is 0 Å². The van der Waals surface area contributed by atoms with Crippen LogP contribution < -0.4 is 20.9 Å². The smallest absolute Gasteiger partial charge is 0.280 e. The minimum atomic E-state index is -0.385. The summed E-state index contributed by atoms with van der Waals surface area (Å²) in [6.07, 6.45) is 0. The van der Waals surface area contributed by atoms with Crippen LogP contribution in [0.25, 0.3) is 10.9 Å². The number of rotatable bonds is 2. The monoisotopic (exact) mass is 253 g/mol. The van der Waals surface area contributed by atoms with Crippen LogP contribution in [0.2, 0.25) is 0 Å². The zero-order valence-electron chi connectivity index (χ0n) is 9.31. The maximum Gasteiger partial charge on any atom is 0.280 e. The largest absolute Gasteiger partial charge is 0.493 e. The second-order valence-corrected chi connectivity index (χ2v) is 3.74. The summed E-state index contributed by atoms with van der Waals surface area (Å²) >= 11 is 4.92. The van der Waals surface area contributed by atoms with E-state index in [-0.39, 0.29) is 10.3 Å². The lowest BCUT2D eigenvalue weighted by Gasteiger charge is -2.09. The third-order valence-corrected chi connectivity index (χ3v) is 2.73. The predicted octanol–water partition coefficient (Wildman–Crippen LogP) is 0.790. The Morgan fingerprint density at radius 3 is 2.47 bits per heavy atom. The lowest BCUT2D eigenvalue weighted by Crippen LogP contribution is -2.28. The van der Waals surface area contributed by atoms with Crippen molar-refractivity contribution in [3.63, 3.8) is 0 Å². The number of aromatic nitrogens is 2. The highest BCUT2D eigenvalue weighted by molar-refractivity contribution is 7.71. The summed E-state index contributed by atoms with van der Waals surface area (Å²) in [6.45, 7) is 0. The Labute approximate surface area is 102 Å². The second-order valence-electron chi connectivity index (χ2n) is 3.36. The Bertz CT molecular complexity index is 689. The number of benzene rings is 1. The number of hydrogen-bond acceptors (Lipinski definition) is 5. The molecule has 0 unspecified atom stereocenters. The standard InChI is InChI=1S/C10H11N3O3S/c1-15-7-3-5-6(4-8(7)16-2)12-10(17)13(11)9(5)14/h3-4H,11H2,1-2H3,(H,12,17). The van der Waals surface area contributed by atoms with Crippen molar-refractivity contribution in [2.24, 2.45) is 0 Å². The molecule has 0 saturated carbocycles. The maximum absolute atomic E-state index is 11.9. The molecule has 0 saturated heterocycles. The van der Waals surface area contributed by atoms with Gasteiger partial charge in [0, 0.05) is 6.07 Å². The van der Waals surface area contributed by atoms with E-state index in [1.54, 1.807) is 12.1 Å².